The van der Waals surface area contributed by atoms with E-state index in [-0.39, 0.29) is 24.7 Å². The van der Waals surface area contributed by atoms with Crippen molar-refractivity contribution >= 4 is 11.6 Å². The minimum atomic E-state index is -0.351. The topological polar surface area (TPSA) is 110 Å². The van der Waals surface area contributed by atoms with Gasteiger partial charge in [0.25, 0.3) is 0 Å². The van der Waals surface area contributed by atoms with Crippen molar-refractivity contribution in [3.8, 4) is 0 Å². The Morgan fingerprint density at radius 1 is 1.40 bits per heavy atom. The number of pyridine rings is 1. The molecule has 0 bridgehead atoms. The zero-order chi connectivity index (χ0) is 13.9. The molecule has 0 saturated heterocycles. The molecule has 0 atom stereocenters. The number of fused-ring (bicyclic) bond motifs is 1. The zero-order valence-corrected chi connectivity index (χ0v) is 10.4. The van der Waals surface area contributed by atoms with Crippen molar-refractivity contribution in [2.45, 2.75) is 13.1 Å². The average Bonchev–Trinajstić information content (AvgIpc) is 3.07. The molecule has 3 rings (SSSR count). The molecule has 2 N–H and O–H groups in total. The molecule has 0 radical (unpaired) electrons. The predicted octanol–water partition coefficient (Wildman–Crippen LogP) is -1.07. The molecule has 3 aromatic rings. The number of carbonyl (C=O) groups is 1. The van der Waals surface area contributed by atoms with Gasteiger partial charge in [0.15, 0.2) is 5.65 Å². The van der Waals surface area contributed by atoms with Gasteiger partial charge < -0.3 is 5.32 Å². The molecule has 1 amide bonds. The van der Waals surface area contributed by atoms with Gasteiger partial charge in [-0.2, -0.15) is 5.10 Å². The van der Waals surface area contributed by atoms with E-state index in [2.05, 4.69) is 25.6 Å². The van der Waals surface area contributed by atoms with Crippen LogP contribution < -0.4 is 11.0 Å². The Labute approximate surface area is 112 Å². The molecule has 20 heavy (non-hydrogen) atoms. The summed E-state index contributed by atoms with van der Waals surface area (Å²) >= 11 is 0. The third-order valence-corrected chi connectivity index (χ3v) is 2.70. The summed E-state index contributed by atoms with van der Waals surface area (Å²) in [6.45, 7) is 0.0790. The van der Waals surface area contributed by atoms with E-state index in [0.29, 0.717) is 11.5 Å². The van der Waals surface area contributed by atoms with Crippen LogP contribution in [0.1, 0.15) is 5.82 Å². The first-order chi connectivity index (χ1) is 9.74. The predicted molar refractivity (Wildman–Crippen MR) is 67.7 cm³/mol. The number of hydrogen-bond donors (Lipinski definition) is 2. The minimum Gasteiger partial charge on any atom is -0.347 e. The summed E-state index contributed by atoms with van der Waals surface area (Å²) in [5.41, 5.74) is 0.149. The maximum atomic E-state index is 12.0. The summed E-state index contributed by atoms with van der Waals surface area (Å²) in [6.07, 6.45) is 2.96. The Kier molecular flexibility index (Phi) is 2.99. The first-order valence-corrected chi connectivity index (χ1v) is 5.89. The molecule has 0 aliphatic rings. The number of rotatable bonds is 4. The summed E-state index contributed by atoms with van der Waals surface area (Å²) < 4.78 is 2.49. The van der Waals surface area contributed by atoms with Crippen LogP contribution in [0.3, 0.4) is 0 Å². The molecule has 0 unspecified atom stereocenters. The molecule has 0 aliphatic carbocycles. The standard InChI is InChI=1S/C11H11N7O2/c19-10(12-5-8-13-7-14-15-8)6-18-11(20)17-4-2-1-3-9(17)16-18/h1-4,7H,5-6H2,(H,12,19)(H,13,14,15). The van der Waals surface area contributed by atoms with Crippen molar-refractivity contribution in [1.82, 2.24) is 34.7 Å². The van der Waals surface area contributed by atoms with Crippen molar-refractivity contribution < 1.29 is 4.79 Å². The Balaban J connectivity index is 1.71. The lowest BCUT2D eigenvalue weighted by atomic mass is 10.5. The van der Waals surface area contributed by atoms with E-state index in [9.17, 15) is 9.59 Å². The second-order valence-corrected chi connectivity index (χ2v) is 4.08. The molecular formula is C11H11N7O2. The van der Waals surface area contributed by atoms with E-state index >= 15 is 0 Å². The highest BCUT2D eigenvalue weighted by atomic mass is 16.2. The number of nitrogens with one attached hydrogen (secondary N) is 2. The molecular weight excluding hydrogens is 262 g/mol. The number of aromatic amines is 1. The zero-order valence-electron chi connectivity index (χ0n) is 10.4. The van der Waals surface area contributed by atoms with Crippen molar-refractivity contribution in [2.75, 3.05) is 0 Å². The van der Waals surface area contributed by atoms with Crippen molar-refractivity contribution in [3.63, 3.8) is 0 Å². The van der Waals surface area contributed by atoms with Gasteiger partial charge in [0.2, 0.25) is 5.91 Å². The van der Waals surface area contributed by atoms with Crippen LogP contribution in [0, 0.1) is 0 Å². The Hall–Kier alpha value is -2.97. The first kappa shape index (κ1) is 12.1. The van der Waals surface area contributed by atoms with Crippen LogP contribution in [0.5, 0.6) is 0 Å². The molecule has 102 valence electrons. The lowest BCUT2D eigenvalue weighted by Gasteiger charge is -2.01. The van der Waals surface area contributed by atoms with E-state index in [0.717, 1.165) is 4.68 Å². The second kappa shape index (κ2) is 4.96. The number of hydrogen-bond acceptors (Lipinski definition) is 5. The lowest BCUT2D eigenvalue weighted by molar-refractivity contribution is -0.122. The quantitative estimate of drug-likeness (QED) is 0.629. The average molecular weight is 273 g/mol. The summed E-state index contributed by atoms with van der Waals surface area (Å²) in [4.78, 5) is 27.6. The van der Waals surface area contributed by atoms with Crippen LogP contribution >= 0.6 is 0 Å². The normalized spacial score (nSPS) is 10.8. The van der Waals surface area contributed by atoms with E-state index in [1.54, 1.807) is 24.4 Å². The third-order valence-electron chi connectivity index (χ3n) is 2.70. The fraction of sp³-hybridized carbons (Fsp3) is 0.182. The fourth-order valence-electron chi connectivity index (χ4n) is 1.76. The van der Waals surface area contributed by atoms with Gasteiger partial charge in [0, 0.05) is 6.20 Å². The number of aromatic nitrogens is 6. The van der Waals surface area contributed by atoms with E-state index in [4.69, 9.17) is 0 Å². The summed E-state index contributed by atoms with van der Waals surface area (Å²) in [5.74, 6) is 0.215. The maximum absolute atomic E-state index is 12.0. The van der Waals surface area contributed by atoms with Gasteiger partial charge in [-0.15, -0.1) is 5.10 Å². The first-order valence-electron chi connectivity index (χ1n) is 5.89. The number of carbonyl (C=O) groups excluding carboxylic acids is 1. The van der Waals surface area contributed by atoms with Crippen molar-refractivity contribution in [3.05, 3.63) is 47.0 Å². The molecule has 0 aliphatic heterocycles. The molecule has 9 nitrogen and oxygen atoms in total. The van der Waals surface area contributed by atoms with Crippen LogP contribution in [0.25, 0.3) is 5.65 Å². The monoisotopic (exact) mass is 273 g/mol. The van der Waals surface area contributed by atoms with Gasteiger partial charge in [0.05, 0.1) is 6.54 Å². The number of nitrogens with zero attached hydrogens (tertiary/aromatic N) is 5. The second-order valence-electron chi connectivity index (χ2n) is 4.08. The summed E-state index contributed by atoms with van der Waals surface area (Å²) in [6, 6.07) is 5.20. The third kappa shape index (κ3) is 2.28. The van der Waals surface area contributed by atoms with E-state index in [1.165, 1.54) is 10.7 Å². The molecule has 0 aromatic carbocycles. The smallest absolute Gasteiger partial charge is 0.347 e. The van der Waals surface area contributed by atoms with Gasteiger partial charge in [-0.3, -0.25) is 14.3 Å². The van der Waals surface area contributed by atoms with Gasteiger partial charge in [-0.25, -0.2) is 14.5 Å². The lowest BCUT2D eigenvalue weighted by Crippen LogP contribution is -2.32. The van der Waals surface area contributed by atoms with Gasteiger partial charge in [-0.1, -0.05) is 6.07 Å². The van der Waals surface area contributed by atoms with Crippen molar-refractivity contribution in [2.24, 2.45) is 0 Å². The van der Waals surface area contributed by atoms with E-state index < -0.39 is 0 Å². The van der Waals surface area contributed by atoms with Crippen LogP contribution in [-0.4, -0.2) is 35.3 Å². The molecule has 0 spiro atoms. The Morgan fingerprint density at radius 3 is 3.05 bits per heavy atom. The highest BCUT2D eigenvalue weighted by molar-refractivity contribution is 5.75. The molecule has 3 aromatic heterocycles. The Bertz CT molecular complexity index is 787. The van der Waals surface area contributed by atoms with Crippen LogP contribution in [0.4, 0.5) is 0 Å². The summed E-state index contributed by atoms with van der Waals surface area (Å²) in [5, 5.41) is 13.0. The van der Waals surface area contributed by atoms with Gasteiger partial charge in [0.1, 0.15) is 18.7 Å². The number of amides is 1. The Morgan fingerprint density at radius 2 is 2.30 bits per heavy atom. The molecule has 0 fully saturated rings. The minimum absolute atomic E-state index is 0.144. The van der Waals surface area contributed by atoms with Crippen LogP contribution in [0.2, 0.25) is 0 Å². The van der Waals surface area contributed by atoms with Gasteiger partial charge >= 0.3 is 5.69 Å². The van der Waals surface area contributed by atoms with Crippen LogP contribution in [0.15, 0.2) is 35.5 Å². The molecule has 0 saturated carbocycles. The highest BCUT2D eigenvalue weighted by Gasteiger charge is 2.10. The van der Waals surface area contributed by atoms with Crippen LogP contribution in [-0.2, 0) is 17.9 Å². The largest absolute Gasteiger partial charge is 0.350 e. The number of H-pyrrole nitrogens is 1. The van der Waals surface area contributed by atoms with Gasteiger partial charge in [-0.05, 0) is 12.1 Å². The van der Waals surface area contributed by atoms with E-state index in [1.807, 2.05) is 0 Å². The SMILES string of the molecule is O=C(Cn1nc2ccccn2c1=O)NCc1ncn[nH]1. The molecule has 9 heteroatoms. The highest BCUT2D eigenvalue weighted by Crippen LogP contribution is 1.94. The molecule has 3 heterocycles. The summed E-state index contributed by atoms with van der Waals surface area (Å²) in [7, 11) is 0. The fourth-order valence-corrected chi connectivity index (χ4v) is 1.76. The van der Waals surface area contributed by atoms with Crippen molar-refractivity contribution in [1.29, 1.82) is 0 Å². The maximum Gasteiger partial charge on any atom is 0.350 e.